The molecular weight excluding hydrogens is 320 g/mol. The van der Waals surface area contributed by atoms with Gasteiger partial charge >= 0.3 is 5.97 Å². The molecule has 2 rings (SSSR count). The lowest BCUT2D eigenvalue weighted by Gasteiger charge is -2.14. The van der Waals surface area contributed by atoms with E-state index >= 15 is 0 Å². The molecule has 2 heterocycles. The quantitative estimate of drug-likeness (QED) is 0.742. The topological polar surface area (TPSA) is 85.6 Å². The maximum atomic E-state index is 12.3. The Kier molecular flexibility index (Phi) is 6.50. The van der Waals surface area contributed by atoms with Crippen molar-refractivity contribution in [3.8, 4) is 0 Å². The number of aromatic nitrogens is 3. The largest absolute Gasteiger partial charge is 0.452 e. The first-order valence-corrected chi connectivity index (χ1v) is 8.65. The Bertz CT molecular complexity index is 739. The van der Waals surface area contributed by atoms with E-state index in [1.165, 1.54) is 4.52 Å². The molecule has 136 valence electrons. The molecule has 1 N–H and O–H groups in total. The predicted octanol–water partition coefficient (Wildman–Crippen LogP) is 2.53. The number of nitrogens with one attached hydrogen (secondary N) is 1. The molecule has 0 saturated carbocycles. The van der Waals surface area contributed by atoms with Gasteiger partial charge in [0.15, 0.2) is 12.3 Å². The first kappa shape index (κ1) is 18.9. The van der Waals surface area contributed by atoms with Crippen LogP contribution in [0.25, 0.3) is 5.65 Å². The standard InChI is InChI=1S/C18H26N4O3/c1-12(2)7-5-8-13(3)20-15(23)11-25-18(24)16-14(4)21-22-10-6-9-19-17(16)22/h6,9-10,12-13H,5,7-8,11H2,1-4H3,(H,20,23). The minimum Gasteiger partial charge on any atom is -0.452 e. The van der Waals surface area contributed by atoms with Gasteiger partial charge in [-0.1, -0.05) is 26.7 Å². The Hall–Kier alpha value is -2.44. The number of carbonyl (C=O) groups is 2. The average Bonchev–Trinajstić information content (AvgIpc) is 2.88. The minimum absolute atomic E-state index is 0.0605. The van der Waals surface area contributed by atoms with E-state index in [1.807, 2.05) is 6.92 Å². The normalized spacial score (nSPS) is 12.4. The molecule has 1 atom stereocenters. The highest BCUT2D eigenvalue weighted by molar-refractivity contribution is 5.98. The number of amides is 1. The van der Waals surface area contributed by atoms with E-state index < -0.39 is 5.97 Å². The second-order valence-electron chi connectivity index (χ2n) is 6.72. The second-order valence-corrected chi connectivity index (χ2v) is 6.72. The molecule has 0 radical (unpaired) electrons. The molecule has 0 spiro atoms. The molecule has 7 heteroatoms. The maximum absolute atomic E-state index is 12.3. The molecule has 7 nitrogen and oxygen atoms in total. The smallest absolute Gasteiger partial charge is 0.344 e. The average molecular weight is 346 g/mol. The van der Waals surface area contributed by atoms with E-state index in [0.717, 1.165) is 19.3 Å². The van der Waals surface area contributed by atoms with Gasteiger partial charge < -0.3 is 10.1 Å². The molecule has 0 aliphatic rings. The predicted molar refractivity (Wildman–Crippen MR) is 94.3 cm³/mol. The minimum atomic E-state index is -0.589. The summed E-state index contributed by atoms with van der Waals surface area (Å²) in [5, 5.41) is 7.06. The van der Waals surface area contributed by atoms with Crippen molar-refractivity contribution in [3.05, 3.63) is 29.7 Å². The van der Waals surface area contributed by atoms with E-state index in [-0.39, 0.29) is 18.6 Å². The maximum Gasteiger partial charge on any atom is 0.344 e. The van der Waals surface area contributed by atoms with Gasteiger partial charge in [0.05, 0.1) is 5.69 Å². The number of esters is 1. The van der Waals surface area contributed by atoms with E-state index in [0.29, 0.717) is 22.8 Å². The fourth-order valence-corrected chi connectivity index (χ4v) is 2.66. The summed E-state index contributed by atoms with van der Waals surface area (Å²) in [5.74, 6) is -0.229. The van der Waals surface area contributed by atoms with Crippen LogP contribution in [0.3, 0.4) is 0 Å². The van der Waals surface area contributed by atoms with Gasteiger partial charge in [-0.15, -0.1) is 0 Å². The SMILES string of the molecule is Cc1nn2cccnc2c1C(=O)OCC(=O)NC(C)CCCC(C)C. The van der Waals surface area contributed by atoms with Crippen LogP contribution in [0, 0.1) is 12.8 Å². The molecule has 2 aromatic heterocycles. The molecule has 0 bridgehead atoms. The molecule has 25 heavy (non-hydrogen) atoms. The van der Waals surface area contributed by atoms with Gasteiger partial charge in [-0.2, -0.15) is 5.10 Å². The number of nitrogens with zero attached hydrogens (tertiary/aromatic N) is 3. The number of carbonyl (C=O) groups excluding carboxylic acids is 2. The number of rotatable bonds is 8. The number of ether oxygens (including phenoxy) is 1. The Morgan fingerprint density at radius 3 is 2.76 bits per heavy atom. The van der Waals surface area contributed by atoms with E-state index in [2.05, 4.69) is 29.2 Å². The highest BCUT2D eigenvalue weighted by Gasteiger charge is 2.20. The Morgan fingerprint density at radius 2 is 2.04 bits per heavy atom. The van der Waals surface area contributed by atoms with Crippen molar-refractivity contribution in [2.45, 2.75) is 53.0 Å². The summed E-state index contributed by atoms with van der Waals surface area (Å²) in [6.45, 7) is 7.72. The number of hydrogen-bond acceptors (Lipinski definition) is 5. The fourth-order valence-electron chi connectivity index (χ4n) is 2.66. The summed E-state index contributed by atoms with van der Waals surface area (Å²) in [6.07, 6.45) is 6.40. The van der Waals surface area contributed by atoms with Crippen LogP contribution in [-0.4, -0.2) is 39.1 Å². The van der Waals surface area contributed by atoms with Gasteiger partial charge in [0.2, 0.25) is 0 Å². The third kappa shape index (κ3) is 5.27. The molecule has 2 aromatic rings. The van der Waals surface area contributed by atoms with Crippen LogP contribution in [0.5, 0.6) is 0 Å². The molecular formula is C18H26N4O3. The van der Waals surface area contributed by atoms with Crippen molar-refractivity contribution in [2.75, 3.05) is 6.61 Å². The molecule has 0 aromatic carbocycles. The lowest BCUT2D eigenvalue weighted by molar-refractivity contribution is -0.124. The highest BCUT2D eigenvalue weighted by Crippen LogP contribution is 2.14. The third-order valence-corrected chi connectivity index (χ3v) is 3.93. The van der Waals surface area contributed by atoms with Gasteiger partial charge in [-0.3, -0.25) is 4.79 Å². The Balaban J connectivity index is 1.85. The summed E-state index contributed by atoms with van der Waals surface area (Å²) in [5.41, 5.74) is 1.23. The monoisotopic (exact) mass is 346 g/mol. The van der Waals surface area contributed by atoms with Crippen LogP contribution in [0.15, 0.2) is 18.5 Å². The fraction of sp³-hybridized carbons (Fsp3) is 0.556. The van der Waals surface area contributed by atoms with Gasteiger partial charge in [0.25, 0.3) is 5.91 Å². The van der Waals surface area contributed by atoms with Gasteiger partial charge in [0.1, 0.15) is 5.56 Å². The van der Waals surface area contributed by atoms with Crippen molar-refractivity contribution >= 4 is 17.5 Å². The van der Waals surface area contributed by atoms with Gasteiger partial charge in [0, 0.05) is 18.4 Å². The zero-order chi connectivity index (χ0) is 18.4. The first-order valence-electron chi connectivity index (χ1n) is 8.65. The van der Waals surface area contributed by atoms with Crippen molar-refractivity contribution in [3.63, 3.8) is 0 Å². The molecule has 0 fully saturated rings. The van der Waals surface area contributed by atoms with Crippen LogP contribution in [0.2, 0.25) is 0 Å². The Labute approximate surface area is 147 Å². The van der Waals surface area contributed by atoms with Crippen molar-refractivity contribution in [1.82, 2.24) is 19.9 Å². The Morgan fingerprint density at radius 1 is 1.28 bits per heavy atom. The van der Waals surface area contributed by atoms with E-state index in [1.54, 1.807) is 25.4 Å². The molecule has 0 saturated heterocycles. The lowest BCUT2D eigenvalue weighted by atomic mass is 10.0. The van der Waals surface area contributed by atoms with Crippen LogP contribution in [-0.2, 0) is 9.53 Å². The number of aryl methyl sites for hydroxylation is 1. The highest BCUT2D eigenvalue weighted by atomic mass is 16.5. The van der Waals surface area contributed by atoms with E-state index in [4.69, 9.17) is 4.74 Å². The zero-order valence-corrected chi connectivity index (χ0v) is 15.3. The molecule has 1 amide bonds. The molecule has 0 aliphatic heterocycles. The summed E-state index contributed by atoms with van der Waals surface area (Å²) in [4.78, 5) is 28.4. The van der Waals surface area contributed by atoms with Crippen LogP contribution < -0.4 is 5.32 Å². The van der Waals surface area contributed by atoms with Crippen LogP contribution >= 0.6 is 0 Å². The van der Waals surface area contributed by atoms with Crippen molar-refractivity contribution in [2.24, 2.45) is 5.92 Å². The van der Waals surface area contributed by atoms with Gasteiger partial charge in [-0.05, 0) is 32.3 Å². The zero-order valence-electron chi connectivity index (χ0n) is 15.3. The summed E-state index contributed by atoms with van der Waals surface area (Å²) in [6, 6.07) is 1.79. The first-order chi connectivity index (χ1) is 11.9. The molecule has 1 unspecified atom stereocenters. The summed E-state index contributed by atoms with van der Waals surface area (Å²) < 4.78 is 6.65. The van der Waals surface area contributed by atoms with Gasteiger partial charge in [-0.25, -0.2) is 14.3 Å². The van der Waals surface area contributed by atoms with E-state index in [9.17, 15) is 9.59 Å². The van der Waals surface area contributed by atoms with Crippen molar-refractivity contribution < 1.29 is 14.3 Å². The second kappa shape index (κ2) is 8.60. The molecule has 0 aliphatic carbocycles. The summed E-state index contributed by atoms with van der Waals surface area (Å²) in [7, 11) is 0. The van der Waals surface area contributed by atoms with Crippen LogP contribution in [0.4, 0.5) is 0 Å². The lowest BCUT2D eigenvalue weighted by Crippen LogP contribution is -2.35. The van der Waals surface area contributed by atoms with Crippen LogP contribution in [0.1, 0.15) is 56.1 Å². The third-order valence-electron chi connectivity index (χ3n) is 3.93. The van der Waals surface area contributed by atoms with Crippen molar-refractivity contribution in [1.29, 1.82) is 0 Å². The number of fused-ring (bicyclic) bond motifs is 1. The summed E-state index contributed by atoms with van der Waals surface area (Å²) >= 11 is 0. The number of hydrogen-bond donors (Lipinski definition) is 1.